The van der Waals surface area contributed by atoms with E-state index in [-0.39, 0.29) is 17.6 Å². The predicted octanol–water partition coefficient (Wildman–Crippen LogP) is 4.30. The number of methoxy groups -OCH3 is 1. The van der Waals surface area contributed by atoms with Crippen molar-refractivity contribution in [1.82, 2.24) is 5.32 Å². The number of hydrogen-bond acceptors (Lipinski definition) is 2. The highest BCUT2D eigenvalue weighted by molar-refractivity contribution is 5.95. The van der Waals surface area contributed by atoms with Crippen LogP contribution in [0, 0.1) is 12.7 Å². The molecule has 2 rings (SSSR count). The lowest BCUT2D eigenvalue weighted by Gasteiger charge is -2.13. The average Bonchev–Trinajstić information content (AvgIpc) is 2.57. The van der Waals surface area contributed by atoms with Gasteiger partial charge in [0, 0.05) is 19.2 Å². The van der Waals surface area contributed by atoms with Gasteiger partial charge >= 0.3 is 0 Å². The molecule has 0 fully saturated rings. The Bertz CT molecular complexity index is 726. The third kappa shape index (κ3) is 4.20. The van der Waals surface area contributed by atoms with Gasteiger partial charge in [-0.25, -0.2) is 4.39 Å². The van der Waals surface area contributed by atoms with E-state index in [0.717, 1.165) is 11.1 Å². The fraction of sp³-hybridized carbons (Fsp3) is 0.350. The second kappa shape index (κ2) is 8.06. The lowest BCUT2D eigenvalue weighted by atomic mass is 9.93. The Morgan fingerprint density at radius 1 is 1.21 bits per heavy atom. The summed E-state index contributed by atoms with van der Waals surface area (Å²) in [4.78, 5) is 12.2. The molecule has 0 saturated heterocycles. The topological polar surface area (TPSA) is 38.3 Å². The summed E-state index contributed by atoms with van der Waals surface area (Å²) in [5.74, 6) is -0.191. The molecule has 0 radical (unpaired) electrons. The molecule has 0 aromatic heterocycles. The normalized spacial score (nSPS) is 10.9. The van der Waals surface area contributed by atoms with Crippen LogP contribution in [0.25, 0.3) is 11.1 Å². The van der Waals surface area contributed by atoms with Crippen LogP contribution in [0.4, 0.5) is 4.39 Å². The zero-order chi connectivity index (χ0) is 17.7. The maximum Gasteiger partial charge on any atom is 0.251 e. The van der Waals surface area contributed by atoms with Gasteiger partial charge in [-0.3, -0.25) is 4.79 Å². The second-order valence-corrected chi connectivity index (χ2v) is 6.18. The molecule has 0 heterocycles. The van der Waals surface area contributed by atoms with E-state index in [9.17, 15) is 9.18 Å². The highest BCUT2D eigenvalue weighted by atomic mass is 19.1. The van der Waals surface area contributed by atoms with Crippen molar-refractivity contribution in [2.45, 2.75) is 26.7 Å². The fourth-order valence-corrected chi connectivity index (χ4v) is 2.59. The van der Waals surface area contributed by atoms with E-state index in [2.05, 4.69) is 5.32 Å². The van der Waals surface area contributed by atoms with E-state index in [1.165, 1.54) is 0 Å². The van der Waals surface area contributed by atoms with Gasteiger partial charge in [-0.05, 0) is 59.4 Å². The molecule has 1 amide bonds. The summed E-state index contributed by atoms with van der Waals surface area (Å²) in [6, 6.07) is 11.1. The van der Waals surface area contributed by atoms with Gasteiger partial charge < -0.3 is 10.1 Å². The van der Waals surface area contributed by atoms with Gasteiger partial charge in [-0.15, -0.1) is 0 Å². The monoisotopic (exact) mass is 329 g/mol. The smallest absolute Gasteiger partial charge is 0.251 e. The minimum absolute atomic E-state index is 0.101. The molecule has 1 N–H and O–H groups in total. The molecule has 0 aliphatic rings. The Morgan fingerprint density at radius 3 is 2.62 bits per heavy atom. The summed E-state index contributed by atoms with van der Waals surface area (Å²) in [5.41, 5.74) is 3.71. The fourth-order valence-electron chi connectivity index (χ4n) is 2.59. The first-order valence-electron chi connectivity index (χ1n) is 8.11. The molecule has 0 aliphatic carbocycles. The molecule has 24 heavy (non-hydrogen) atoms. The van der Waals surface area contributed by atoms with Crippen LogP contribution in [0.2, 0.25) is 0 Å². The molecular formula is C20H24FNO2. The zero-order valence-corrected chi connectivity index (χ0v) is 14.7. The molecule has 0 saturated carbocycles. The van der Waals surface area contributed by atoms with Gasteiger partial charge in [-0.2, -0.15) is 0 Å². The lowest BCUT2D eigenvalue weighted by molar-refractivity contribution is 0.0937. The number of hydrogen-bond donors (Lipinski definition) is 1. The van der Waals surface area contributed by atoms with Crippen molar-refractivity contribution < 1.29 is 13.9 Å². The number of amides is 1. The van der Waals surface area contributed by atoms with Crippen molar-refractivity contribution in [3.8, 4) is 11.1 Å². The summed E-state index contributed by atoms with van der Waals surface area (Å²) in [5, 5.41) is 2.80. The standard InChI is InChI=1S/C20H24FNO2/c1-13(2)18-12-17(10-14(3)19(18)21)15-6-5-7-16(11-15)20(23)22-8-9-24-4/h5-7,10-13H,8-9H2,1-4H3,(H,22,23). The van der Waals surface area contributed by atoms with Gasteiger partial charge in [0.25, 0.3) is 5.91 Å². The van der Waals surface area contributed by atoms with E-state index in [0.29, 0.717) is 29.8 Å². The van der Waals surface area contributed by atoms with Crippen LogP contribution in [0.1, 0.15) is 41.3 Å². The van der Waals surface area contributed by atoms with Crippen LogP contribution < -0.4 is 5.32 Å². The lowest BCUT2D eigenvalue weighted by Crippen LogP contribution is -2.26. The molecule has 2 aromatic rings. The molecule has 0 unspecified atom stereocenters. The minimum Gasteiger partial charge on any atom is -0.383 e. The van der Waals surface area contributed by atoms with Crippen molar-refractivity contribution in [3.05, 3.63) is 58.9 Å². The molecule has 3 nitrogen and oxygen atoms in total. The molecule has 0 bridgehead atoms. The van der Waals surface area contributed by atoms with Crippen molar-refractivity contribution in [1.29, 1.82) is 0 Å². The summed E-state index contributed by atoms with van der Waals surface area (Å²) in [6.45, 7) is 6.65. The Hall–Kier alpha value is -2.20. The van der Waals surface area contributed by atoms with Crippen LogP contribution in [-0.2, 0) is 4.74 Å². The first-order chi connectivity index (χ1) is 11.4. The zero-order valence-electron chi connectivity index (χ0n) is 14.7. The van der Waals surface area contributed by atoms with E-state index in [4.69, 9.17) is 4.74 Å². The quantitative estimate of drug-likeness (QED) is 0.803. The number of ether oxygens (including phenoxy) is 1. The van der Waals surface area contributed by atoms with Gasteiger partial charge in [0.2, 0.25) is 0 Å². The molecule has 0 aliphatic heterocycles. The number of benzene rings is 2. The highest BCUT2D eigenvalue weighted by Gasteiger charge is 2.13. The van der Waals surface area contributed by atoms with E-state index >= 15 is 0 Å². The van der Waals surface area contributed by atoms with E-state index in [1.807, 2.05) is 44.2 Å². The summed E-state index contributed by atoms with van der Waals surface area (Å²) < 4.78 is 19.2. The number of carbonyl (C=O) groups is 1. The first-order valence-corrected chi connectivity index (χ1v) is 8.11. The number of rotatable bonds is 6. The number of nitrogens with one attached hydrogen (secondary N) is 1. The van der Waals surface area contributed by atoms with Crippen LogP contribution in [-0.4, -0.2) is 26.2 Å². The molecule has 0 spiro atoms. The summed E-state index contributed by atoms with van der Waals surface area (Å²) in [7, 11) is 1.59. The average molecular weight is 329 g/mol. The van der Waals surface area contributed by atoms with Crippen molar-refractivity contribution in [2.75, 3.05) is 20.3 Å². The van der Waals surface area contributed by atoms with Crippen molar-refractivity contribution >= 4 is 5.91 Å². The number of aryl methyl sites for hydroxylation is 1. The van der Waals surface area contributed by atoms with Crippen LogP contribution >= 0.6 is 0 Å². The van der Waals surface area contributed by atoms with Gasteiger partial charge in [0.1, 0.15) is 5.82 Å². The van der Waals surface area contributed by atoms with E-state index in [1.54, 1.807) is 20.1 Å². The maximum atomic E-state index is 14.3. The molecule has 0 atom stereocenters. The Kier molecular flexibility index (Phi) is 6.10. The summed E-state index contributed by atoms with van der Waals surface area (Å²) in [6.07, 6.45) is 0. The van der Waals surface area contributed by atoms with Crippen molar-refractivity contribution in [3.63, 3.8) is 0 Å². The van der Waals surface area contributed by atoms with E-state index < -0.39 is 0 Å². The van der Waals surface area contributed by atoms with Crippen molar-refractivity contribution in [2.24, 2.45) is 0 Å². The largest absolute Gasteiger partial charge is 0.383 e. The molecule has 4 heteroatoms. The predicted molar refractivity (Wildman–Crippen MR) is 94.9 cm³/mol. The van der Waals surface area contributed by atoms with Crippen LogP contribution in [0.3, 0.4) is 0 Å². The molecule has 2 aromatic carbocycles. The Morgan fingerprint density at radius 2 is 1.96 bits per heavy atom. The van der Waals surface area contributed by atoms with Crippen LogP contribution in [0.5, 0.6) is 0 Å². The van der Waals surface area contributed by atoms with Crippen LogP contribution in [0.15, 0.2) is 36.4 Å². The number of carbonyl (C=O) groups excluding carboxylic acids is 1. The SMILES string of the molecule is COCCNC(=O)c1cccc(-c2cc(C)c(F)c(C(C)C)c2)c1. The maximum absolute atomic E-state index is 14.3. The molecular weight excluding hydrogens is 305 g/mol. The number of halogens is 1. The third-order valence-corrected chi connectivity index (χ3v) is 3.95. The third-order valence-electron chi connectivity index (χ3n) is 3.95. The molecule has 128 valence electrons. The van der Waals surface area contributed by atoms with Gasteiger partial charge in [0.15, 0.2) is 0 Å². The first kappa shape index (κ1) is 18.1. The van der Waals surface area contributed by atoms with Gasteiger partial charge in [0.05, 0.1) is 6.61 Å². The summed E-state index contributed by atoms with van der Waals surface area (Å²) >= 11 is 0. The Balaban J connectivity index is 2.33. The Labute approximate surface area is 142 Å². The highest BCUT2D eigenvalue weighted by Crippen LogP contribution is 2.29. The minimum atomic E-state index is -0.151. The van der Waals surface area contributed by atoms with Gasteiger partial charge in [-0.1, -0.05) is 26.0 Å². The second-order valence-electron chi connectivity index (χ2n) is 6.18.